The minimum absolute atomic E-state index is 0.0170. The smallest absolute Gasteiger partial charge is 0.305 e. The quantitative estimate of drug-likeness (QED) is 0.0718. The molecule has 0 unspecified atom stereocenters. The highest BCUT2D eigenvalue weighted by molar-refractivity contribution is 5.69. The van der Waals surface area contributed by atoms with Gasteiger partial charge in [0.1, 0.15) is 13.2 Å². The molecule has 0 aromatic heterocycles. The SMILES string of the molecule is CCCCCCCCCCCCCCCCCCCCCCCCC(=O)OCC[N+](C)(C)C. The van der Waals surface area contributed by atoms with Gasteiger partial charge in [-0.15, -0.1) is 0 Å². The fraction of sp³-hybridized carbons (Fsp3) is 0.967. The van der Waals surface area contributed by atoms with E-state index in [9.17, 15) is 4.79 Å². The van der Waals surface area contributed by atoms with E-state index >= 15 is 0 Å². The van der Waals surface area contributed by atoms with E-state index in [1.54, 1.807) is 0 Å². The number of carbonyl (C=O) groups excluding carboxylic acids is 1. The second-order valence-electron chi connectivity index (χ2n) is 11.4. The highest BCUT2D eigenvalue weighted by Gasteiger charge is 2.09. The number of likely N-dealkylation sites (N-methyl/N-ethyl adjacent to an activating group) is 1. The predicted octanol–water partition coefficient (Wildman–Crippen LogP) is 9.23. The lowest BCUT2D eigenvalue weighted by Crippen LogP contribution is -2.37. The number of hydrogen-bond acceptors (Lipinski definition) is 2. The first-order valence-electron chi connectivity index (χ1n) is 14.9. The molecule has 0 saturated carbocycles. The molecule has 0 aliphatic rings. The second-order valence-corrected chi connectivity index (χ2v) is 11.4. The Kier molecular flexibility index (Phi) is 24.1. The Morgan fingerprint density at radius 1 is 0.515 bits per heavy atom. The van der Waals surface area contributed by atoms with Gasteiger partial charge in [-0.2, -0.15) is 0 Å². The van der Waals surface area contributed by atoms with E-state index in [0.29, 0.717) is 13.0 Å². The molecular formula is C30H62NO2+. The lowest BCUT2D eigenvalue weighted by Gasteiger charge is -2.23. The summed E-state index contributed by atoms with van der Waals surface area (Å²) in [5, 5.41) is 0. The van der Waals surface area contributed by atoms with Crippen molar-refractivity contribution < 1.29 is 14.0 Å². The fourth-order valence-corrected chi connectivity index (χ4v) is 4.38. The summed E-state index contributed by atoms with van der Waals surface area (Å²) in [6, 6.07) is 0. The third kappa shape index (κ3) is 29.4. The van der Waals surface area contributed by atoms with Crippen LogP contribution in [-0.2, 0) is 9.53 Å². The molecule has 0 rings (SSSR count). The van der Waals surface area contributed by atoms with Crippen LogP contribution in [0.1, 0.15) is 155 Å². The van der Waals surface area contributed by atoms with Gasteiger partial charge < -0.3 is 9.22 Å². The monoisotopic (exact) mass is 468 g/mol. The normalized spacial score (nSPS) is 11.8. The average Bonchev–Trinajstić information content (AvgIpc) is 2.76. The van der Waals surface area contributed by atoms with E-state index in [0.717, 1.165) is 17.4 Å². The maximum atomic E-state index is 11.7. The molecule has 0 spiro atoms. The summed E-state index contributed by atoms with van der Waals surface area (Å²) in [4.78, 5) is 11.7. The third-order valence-electron chi connectivity index (χ3n) is 6.76. The van der Waals surface area contributed by atoms with Gasteiger partial charge in [0.2, 0.25) is 0 Å². The zero-order chi connectivity index (χ0) is 24.5. The van der Waals surface area contributed by atoms with Crippen molar-refractivity contribution in [1.82, 2.24) is 0 Å². The number of nitrogens with zero attached hydrogens (tertiary/aromatic N) is 1. The van der Waals surface area contributed by atoms with E-state index in [2.05, 4.69) is 28.1 Å². The van der Waals surface area contributed by atoms with Gasteiger partial charge in [-0.3, -0.25) is 4.79 Å². The van der Waals surface area contributed by atoms with Crippen molar-refractivity contribution in [1.29, 1.82) is 0 Å². The molecule has 0 saturated heterocycles. The minimum Gasteiger partial charge on any atom is -0.460 e. The number of hydrogen-bond donors (Lipinski definition) is 0. The van der Waals surface area contributed by atoms with Gasteiger partial charge in [0.15, 0.2) is 0 Å². The Morgan fingerprint density at radius 3 is 1.12 bits per heavy atom. The molecule has 0 aromatic carbocycles. The van der Waals surface area contributed by atoms with Gasteiger partial charge in [-0.25, -0.2) is 0 Å². The largest absolute Gasteiger partial charge is 0.460 e. The van der Waals surface area contributed by atoms with Crippen LogP contribution in [0.25, 0.3) is 0 Å². The first kappa shape index (κ1) is 32.4. The highest BCUT2D eigenvalue weighted by atomic mass is 16.5. The van der Waals surface area contributed by atoms with E-state index in [1.165, 1.54) is 135 Å². The van der Waals surface area contributed by atoms with Gasteiger partial charge in [-0.05, 0) is 6.42 Å². The summed E-state index contributed by atoms with van der Waals surface area (Å²) in [5.41, 5.74) is 0. The predicted molar refractivity (Wildman–Crippen MR) is 146 cm³/mol. The van der Waals surface area contributed by atoms with Crippen LogP contribution in [0.15, 0.2) is 0 Å². The number of unbranched alkanes of at least 4 members (excludes halogenated alkanes) is 21. The molecule has 0 heterocycles. The summed E-state index contributed by atoms with van der Waals surface area (Å²) in [6.45, 7) is 3.72. The standard InChI is InChI=1S/C30H62NO2/c1-5-6-7-8-9-10-11-12-13-14-15-16-17-18-19-20-21-22-23-24-25-26-27-30(32)33-29-28-31(2,3)4/h5-29H2,1-4H3/q+1. The fourth-order valence-electron chi connectivity index (χ4n) is 4.38. The molecule has 0 amide bonds. The molecule has 0 radical (unpaired) electrons. The van der Waals surface area contributed by atoms with E-state index < -0.39 is 0 Å². The molecule has 0 bridgehead atoms. The summed E-state index contributed by atoms with van der Waals surface area (Å²) in [7, 11) is 6.36. The molecule has 0 aliphatic heterocycles. The number of carbonyl (C=O) groups is 1. The summed E-state index contributed by atoms with van der Waals surface area (Å²) in [5.74, 6) is -0.0170. The zero-order valence-electron chi connectivity index (χ0n) is 23.4. The van der Waals surface area contributed by atoms with Crippen LogP contribution in [0, 0.1) is 0 Å². The summed E-state index contributed by atoms with van der Waals surface area (Å²) >= 11 is 0. The van der Waals surface area contributed by atoms with Crippen molar-refractivity contribution in [3.8, 4) is 0 Å². The molecule has 0 aliphatic carbocycles. The van der Waals surface area contributed by atoms with Crippen LogP contribution < -0.4 is 0 Å². The third-order valence-corrected chi connectivity index (χ3v) is 6.76. The zero-order valence-corrected chi connectivity index (χ0v) is 23.4. The Labute approximate surface area is 209 Å². The van der Waals surface area contributed by atoms with Crippen LogP contribution in [0.5, 0.6) is 0 Å². The Balaban J connectivity index is 3.12. The van der Waals surface area contributed by atoms with Crippen molar-refractivity contribution in [3.05, 3.63) is 0 Å². The number of ether oxygens (including phenoxy) is 1. The molecule has 198 valence electrons. The Morgan fingerprint density at radius 2 is 0.818 bits per heavy atom. The lowest BCUT2D eigenvalue weighted by molar-refractivity contribution is -0.870. The van der Waals surface area contributed by atoms with E-state index in [1.807, 2.05) is 0 Å². The molecule has 0 aromatic rings. The highest BCUT2D eigenvalue weighted by Crippen LogP contribution is 2.15. The van der Waals surface area contributed by atoms with Crippen molar-refractivity contribution in [2.45, 2.75) is 155 Å². The van der Waals surface area contributed by atoms with Gasteiger partial charge >= 0.3 is 5.97 Å². The molecule has 3 heteroatoms. The molecule has 33 heavy (non-hydrogen) atoms. The van der Waals surface area contributed by atoms with E-state index in [-0.39, 0.29) is 5.97 Å². The van der Waals surface area contributed by atoms with Gasteiger partial charge in [0.05, 0.1) is 21.1 Å². The van der Waals surface area contributed by atoms with Crippen LogP contribution in [0.2, 0.25) is 0 Å². The van der Waals surface area contributed by atoms with E-state index in [4.69, 9.17) is 4.74 Å². The molecule has 0 fully saturated rings. The minimum atomic E-state index is -0.0170. The number of quaternary nitrogens is 1. The maximum Gasteiger partial charge on any atom is 0.305 e. The van der Waals surface area contributed by atoms with Crippen molar-refractivity contribution in [3.63, 3.8) is 0 Å². The first-order chi connectivity index (χ1) is 16.0. The Bertz CT molecular complexity index is 403. The lowest BCUT2D eigenvalue weighted by atomic mass is 10.0. The maximum absolute atomic E-state index is 11.7. The molecule has 3 nitrogen and oxygen atoms in total. The topological polar surface area (TPSA) is 26.3 Å². The van der Waals surface area contributed by atoms with Crippen molar-refractivity contribution >= 4 is 5.97 Å². The Hall–Kier alpha value is -0.570. The van der Waals surface area contributed by atoms with Crippen LogP contribution in [0.3, 0.4) is 0 Å². The molecular weight excluding hydrogens is 406 g/mol. The van der Waals surface area contributed by atoms with Gasteiger partial charge in [0.25, 0.3) is 0 Å². The van der Waals surface area contributed by atoms with Gasteiger partial charge in [-0.1, -0.05) is 142 Å². The summed E-state index contributed by atoms with van der Waals surface area (Å²) < 4.78 is 6.15. The van der Waals surface area contributed by atoms with Crippen LogP contribution >= 0.6 is 0 Å². The number of rotatable bonds is 26. The average molecular weight is 469 g/mol. The number of esters is 1. The van der Waals surface area contributed by atoms with Crippen LogP contribution in [-0.4, -0.2) is 44.7 Å². The van der Waals surface area contributed by atoms with Gasteiger partial charge in [0, 0.05) is 6.42 Å². The van der Waals surface area contributed by atoms with Crippen LogP contribution in [0.4, 0.5) is 0 Å². The molecule has 0 atom stereocenters. The second kappa shape index (κ2) is 24.6. The summed E-state index contributed by atoms with van der Waals surface area (Å²) in [6.07, 6.45) is 31.2. The van der Waals surface area contributed by atoms with Crippen molar-refractivity contribution in [2.24, 2.45) is 0 Å². The molecule has 0 N–H and O–H groups in total. The first-order valence-corrected chi connectivity index (χ1v) is 14.9. The van der Waals surface area contributed by atoms with Crippen molar-refractivity contribution in [2.75, 3.05) is 34.3 Å².